The molecule has 0 spiro atoms. The molecule has 5 nitrogen and oxygen atoms in total. The minimum absolute atomic E-state index is 0.0691. The van der Waals surface area contributed by atoms with Crippen LogP contribution in [0.15, 0.2) is 54.6 Å². The first-order chi connectivity index (χ1) is 11.7. The van der Waals surface area contributed by atoms with Crippen molar-refractivity contribution in [1.82, 2.24) is 5.32 Å². The van der Waals surface area contributed by atoms with Gasteiger partial charge >= 0.3 is 5.97 Å². The lowest BCUT2D eigenvalue weighted by atomic mass is 10.1. The summed E-state index contributed by atoms with van der Waals surface area (Å²) in [7, 11) is 0. The maximum absolute atomic E-state index is 11.8. The summed E-state index contributed by atoms with van der Waals surface area (Å²) in [6.07, 6.45) is 0.806. The van der Waals surface area contributed by atoms with Crippen molar-refractivity contribution < 1.29 is 14.3 Å². The van der Waals surface area contributed by atoms with E-state index in [1.165, 1.54) is 5.56 Å². The quantitative estimate of drug-likeness (QED) is 0.732. The molecule has 1 amide bonds. The van der Waals surface area contributed by atoms with Crippen LogP contribution in [0.4, 0.5) is 5.69 Å². The minimum Gasteiger partial charge on any atom is -0.462 e. The Hall–Kier alpha value is -2.82. The molecular formula is C19H22N2O3. The third kappa shape index (κ3) is 5.76. The molecule has 0 fully saturated rings. The molecule has 0 saturated heterocycles. The first-order valence-electron chi connectivity index (χ1n) is 8.00. The van der Waals surface area contributed by atoms with Gasteiger partial charge in [0.2, 0.25) is 5.91 Å². The van der Waals surface area contributed by atoms with Gasteiger partial charge in [0.1, 0.15) is 0 Å². The van der Waals surface area contributed by atoms with Crippen LogP contribution < -0.4 is 10.6 Å². The highest BCUT2D eigenvalue weighted by molar-refractivity contribution is 5.90. The number of nitrogens with one attached hydrogen (secondary N) is 2. The number of hydrogen-bond donors (Lipinski definition) is 2. The van der Waals surface area contributed by atoms with E-state index in [0.29, 0.717) is 18.7 Å². The fraction of sp³-hybridized carbons (Fsp3) is 0.263. The number of benzene rings is 2. The van der Waals surface area contributed by atoms with Crippen molar-refractivity contribution in [3.63, 3.8) is 0 Å². The normalized spacial score (nSPS) is 10.0. The zero-order valence-electron chi connectivity index (χ0n) is 13.7. The largest absolute Gasteiger partial charge is 0.462 e. The number of rotatable bonds is 8. The topological polar surface area (TPSA) is 67.4 Å². The summed E-state index contributed by atoms with van der Waals surface area (Å²) in [6, 6.07) is 16.9. The van der Waals surface area contributed by atoms with E-state index in [9.17, 15) is 9.59 Å². The predicted molar refractivity (Wildman–Crippen MR) is 94.0 cm³/mol. The van der Waals surface area contributed by atoms with Gasteiger partial charge in [-0.2, -0.15) is 0 Å². The Balaban J connectivity index is 1.70. The van der Waals surface area contributed by atoms with Crippen LogP contribution in [-0.4, -0.2) is 31.6 Å². The van der Waals surface area contributed by atoms with Gasteiger partial charge in [0.25, 0.3) is 0 Å². The molecule has 2 N–H and O–H groups in total. The van der Waals surface area contributed by atoms with Crippen LogP contribution in [0, 0.1) is 0 Å². The monoisotopic (exact) mass is 326 g/mol. The number of anilines is 1. The average Bonchev–Trinajstić information content (AvgIpc) is 2.61. The van der Waals surface area contributed by atoms with Crippen molar-refractivity contribution >= 4 is 17.6 Å². The van der Waals surface area contributed by atoms with Crippen molar-refractivity contribution in [2.75, 3.05) is 25.0 Å². The molecule has 2 aromatic carbocycles. The van der Waals surface area contributed by atoms with E-state index < -0.39 is 0 Å². The van der Waals surface area contributed by atoms with Crippen LogP contribution in [-0.2, 0) is 16.0 Å². The van der Waals surface area contributed by atoms with Gasteiger partial charge in [0.05, 0.1) is 18.7 Å². The van der Waals surface area contributed by atoms with Crippen molar-refractivity contribution in [1.29, 1.82) is 0 Å². The molecule has 0 heterocycles. The van der Waals surface area contributed by atoms with E-state index >= 15 is 0 Å². The van der Waals surface area contributed by atoms with Gasteiger partial charge in [-0.25, -0.2) is 4.79 Å². The van der Waals surface area contributed by atoms with Crippen molar-refractivity contribution in [2.24, 2.45) is 0 Å². The predicted octanol–water partition coefficient (Wildman–Crippen LogP) is 2.63. The summed E-state index contributed by atoms with van der Waals surface area (Å²) >= 11 is 0. The number of hydrogen-bond acceptors (Lipinski definition) is 4. The molecule has 5 heteroatoms. The molecular weight excluding hydrogens is 304 g/mol. The molecule has 2 aromatic rings. The van der Waals surface area contributed by atoms with Crippen LogP contribution in [0.5, 0.6) is 0 Å². The number of carbonyl (C=O) groups is 2. The van der Waals surface area contributed by atoms with Crippen LogP contribution in [0.25, 0.3) is 0 Å². The lowest BCUT2D eigenvalue weighted by molar-refractivity contribution is -0.119. The molecule has 0 atom stereocenters. The Morgan fingerprint density at radius 3 is 2.38 bits per heavy atom. The highest BCUT2D eigenvalue weighted by Gasteiger charge is 2.06. The lowest BCUT2D eigenvalue weighted by Gasteiger charge is -2.08. The van der Waals surface area contributed by atoms with E-state index in [1.54, 1.807) is 31.2 Å². The zero-order valence-corrected chi connectivity index (χ0v) is 13.7. The third-order valence-electron chi connectivity index (χ3n) is 3.43. The second-order valence-corrected chi connectivity index (χ2v) is 5.24. The molecule has 0 aromatic heterocycles. The molecule has 2 rings (SSSR count). The van der Waals surface area contributed by atoms with Gasteiger partial charge in [-0.1, -0.05) is 30.3 Å². The zero-order chi connectivity index (χ0) is 17.2. The number of carbonyl (C=O) groups excluding carboxylic acids is 2. The van der Waals surface area contributed by atoms with Gasteiger partial charge in [-0.05, 0) is 43.2 Å². The highest BCUT2D eigenvalue weighted by atomic mass is 16.5. The molecule has 0 aliphatic carbocycles. The Morgan fingerprint density at radius 1 is 1.00 bits per heavy atom. The summed E-state index contributed by atoms with van der Waals surface area (Å²) < 4.78 is 4.92. The van der Waals surface area contributed by atoms with Gasteiger partial charge in [0, 0.05) is 12.2 Å². The van der Waals surface area contributed by atoms with E-state index in [-0.39, 0.29) is 18.4 Å². The van der Waals surface area contributed by atoms with Gasteiger partial charge in [0.15, 0.2) is 0 Å². The average molecular weight is 326 g/mol. The first-order valence-corrected chi connectivity index (χ1v) is 8.00. The maximum atomic E-state index is 11.8. The van der Waals surface area contributed by atoms with Crippen molar-refractivity contribution in [3.8, 4) is 0 Å². The summed E-state index contributed by atoms with van der Waals surface area (Å²) in [6.45, 7) is 2.91. The van der Waals surface area contributed by atoms with Gasteiger partial charge in [-0.3, -0.25) is 4.79 Å². The highest BCUT2D eigenvalue weighted by Crippen LogP contribution is 2.10. The molecule has 0 aliphatic heterocycles. The number of amides is 1. The van der Waals surface area contributed by atoms with Crippen LogP contribution in [0.1, 0.15) is 22.8 Å². The minimum atomic E-state index is -0.345. The van der Waals surface area contributed by atoms with Gasteiger partial charge in [-0.15, -0.1) is 0 Å². The van der Waals surface area contributed by atoms with Crippen LogP contribution in [0.2, 0.25) is 0 Å². The fourth-order valence-electron chi connectivity index (χ4n) is 2.17. The Labute approximate surface area is 142 Å². The second-order valence-electron chi connectivity index (χ2n) is 5.24. The number of esters is 1. The molecule has 24 heavy (non-hydrogen) atoms. The summed E-state index contributed by atoms with van der Waals surface area (Å²) in [4.78, 5) is 23.4. The van der Waals surface area contributed by atoms with Crippen LogP contribution >= 0.6 is 0 Å². The van der Waals surface area contributed by atoms with Gasteiger partial charge < -0.3 is 15.4 Å². The molecule has 0 radical (unpaired) electrons. The fourth-order valence-corrected chi connectivity index (χ4v) is 2.17. The van der Waals surface area contributed by atoms with Crippen molar-refractivity contribution in [3.05, 3.63) is 65.7 Å². The molecule has 0 unspecified atom stereocenters. The standard InChI is InChI=1S/C19H22N2O3/c1-2-24-19(23)16-8-10-17(11-9-16)21-14-18(22)20-13-12-15-6-4-3-5-7-15/h3-11,21H,2,12-14H2,1H3,(H,20,22). The van der Waals surface area contributed by atoms with Crippen LogP contribution in [0.3, 0.4) is 0 Å². The first kappa shape index (κ1) is 17.5. The molecule has 126 valence electrons. The van der Waals surface area contributed by atoms with Crippen molar-refractivity contribution in [2.45, 2.75) is 13.3 Å². The molecule has 0 aliphatic rings. The smallest absolute Gasteiger partial charge is 0.338 e. The Kier molecular flexibility index (Phi) is 6.83. The summed E-state index contributed by atoms with van der Waals surface area (Å²) in [5, 5.41) is 5.90. The summed E-state index contributed by atoms with van der Waals surface area (Å²) in [5.74, 6) is -0.414. The second kappa shape index (κ2) is 9.35. The van der Waals surface area contributed by atoms with E-state index in [2.05, 4.69) is 10.6 Å². The third-order valence-corrected chi connectivity index (χ3v) is 3.43. The SMILES string of the molecule is CCOC(=O)c1ccc(NCC(=O)NCCc2ccccc2)cc1. The number of ether oxygens (including phenoxy) is 1. The Morgan fingerprint density at radius 2 is 1.71 bits per heavy atom. The Bertz CT molecular complexity index is 654. The lowest BCUT2D eigenvalue weighted by Crippen LogP contribution is -2.31. The maximum Gasteiger partial charge on any atom is 0.338 e. The van der Waals surface area contributed by atoms with E-state index in [0.717, 1.165) is 12.1 Å². The molecule has 0 saturated carbocycles. The van der Waals surface area contributed by atoms with E-state index in [4.69, 9.17) is 4.74 Å². The summed E-state index contributed by atoms with van der Waals surface area (Å²) in [5.41, 5.74) is 2.47. The molecule has 0 bridgehead atoms. The van der Waals surface area contributed by atoms with E-state index in [1.807, 2.05) is 30.3 Å².